The molecule has 2 aromatic heterocycles. The van der Waals surface area contributed by atoms with Crippen LogP contribution in [0.15, 0.2) is 60.7 Å². The number of hydrogen-bond donors (Lipinski definition) is 3. The van der Waals surface area contributed by atoms with Crippen LogP contribution in [0.5, 0.6) is 23.3 Å². The largest absolute Gasteiger partial charge is 0.439 e. The molecule has 0 atom stereocenters. The highest BCUT2D eigenvalue weighted by Crippen LogP contribution is 2.34. The van der Waals surface area contributed by atoms with Gasteiger partial charge in [0.2, 0.25) is 23.1 Å². The maximum atomic E-state index is 11.0. The third kappa shape index (κ3) is 12.5. The summed E-state index contributed by atoms with van der Waals surface area (Å²) < 4.78 is 491. The van der Waals surface area contributed by atoms with Crippen LogP contribution in [0.4, 0.5) is 23.0 Å². The van der Waals surface area contributed by atoms with E-state index < -0.39 is 11.2 Å². The maximum Gasteiger partial charge on any atom is 0.228 e. The summed E-state index contributed by atoms with van der Waals surface area (Å²) in [6.45, 7) is 24.4. The third-order valence-corrected chi connectivity index (χ3v) is 9.12. The molecule has 4 radical (unpaired) electrons. The average molecular weight is 957 g/mol. The molecule has 4 heterocycles. The Balaban J connectivity index is -0.0000000171. The summed E-state index contributed by atoms with van der Waals surface area (Å²) in [6.07, 6.45) is 5.12. The summed E-state index contributed by atoms with van der Waals surface area (Å²) in [5.41, 5.74) is 0.952. The highest BCUT2D eigenvalue weighted by Gasteiger charge is 2.32. The molecular weight excluding hydrogens is 710 g/mol. The fourth-order valence-electron chi connectivity index (χ4n) is 5.20. The van der Waals surface area contributed by atoms with Gasteiger partial charge in [-0.25, -0.2) is 19.7 Å². The molecule has 0 amide bonds. The Morgan fingerprint density at radius 2 is 1.18 bits per heavy atom. The number of pyridine rings is 2. The molecule has 0 spiro atoms. The molecule has 0 bridgehead atoms. The number of nitrogens with zero attached hydrogens (tertiary/aromatic N) is 6. The van der Waals surface area contributed by atoms with E-state index in [0.29, 0.717) is 74.6 Å². The summed E-state index contributed by atoms with van der Waals surface area (Å²) >= 11 is 0. The van der Waals surface area contributed by atoms with E-state index in [1.54, 1.807) is 88.4 Å². The van der Waals surface area contributed by atoms with Crippen LogP contribution in [0.1, 0.15) is 221 Å². The van der Waals surface area contributed by atoms with E-state index in [2.05, 4.69) is 29.5 Å². The van der Waals surface area contributed by atoms with Crippen molar-refractivity contribution in [3.8, 4) is 23.3 Å². The fraction of sp³-hybridized carbons (Fsp3) is 0.390. The molecule has 390 valence electrons. The molecule has 15 heteroatoms. The number of aliphatic hydroxyl groups is 3. The maximum absolute atomic E-state index is 11.0. The van der Waals surface area contributed by atoms with Gasteiger partial charge >= 0.3 is 0 Å². The van der Waals surface area contributed by atoms with E-state index in [4.69, 9.17) is 191 Å². The second-order valence-electron chi connectivity index (χ2n) is 13.8. The van der Waals surface area contributed by atoms with Gasteiger partial charge in [-0.3, -0.25) is 4.79 Å². The molecule has 4 aromatic rings. The van der Waals surface area contributed by atoms with Crippen molar-refractivity contribution >= 4 is 55.9 Å². The minimum atomic E-state index is -1.01. The number of aliphatic hydroxyl groups excluding tert-OH is 1. The number of carbonyl (C=O) groups excluding carboxylic acids is 1. The zero-order valence-corrected chi connectivity index (χ0v) is 31.6. The molecule has 2 fully saturated rings. The number of carbonyl (C=O) groups is 1. The Morgan fingerprint density at radius 3 is 1.55 bits per heavy atom. The van der Waals surface area contributed by atoms with Crippen LogP contribution in [0.25, 0.3) is 9.69 Å². The van der Waals surface area contributed by atoms with Crippen molar-refractivity contribution in [2.45, 2.75) is 78.6 Å². The van der Waals surface area contributed by atoms with Crippen LogP contribution in [0.2, 0.25) is 0 Å². The van der Waals surface area contributed by atoms with Crippen LogP contribution < -0.4 is 30.2 Å². The molecule has 2 saturated heterocycles. The number of ether oxygens (including phenoxy) is 2. The zero-order valence-electron chi connectivity index (χ0n) is 128. The lowest BCUT2D eigenvalue weighted by atomic mass is 9.90. The number of aromatic nitrogens is 2. The van der Waals surface area contributed by atoms with Crippen molar-refractivity contribution in [1.82, 2.24) is 9.97 Å². The molecular formula is C41H148B2N6O7. The second-order valence-corrected chi connectivity index (χ2v) is 13.8. The van der Waals surface area contributed by atoms with Gasteiger partial charge in [0, 0.05) is 176 Å². The highest BCUT2D eigenvalue weighted by atomic mass is 16.5. The number of rotatable bonds is 9. The van der Waals surface area contributed by atoms with Gasteiger partial charge in [-0.1, -0.05) is 30.5 Å². The van der Waals surface area contributed by atoms with Gasteiger partial charge in [0.15, 0.2) is 0 Å². The monoisotopic (exact) mass is 957 g/mol. The normalized spacial score (nSPS) is 20.2. The van der Waals surface area contributed by atoms with E-state index in [9.17, 15) is 9.90 Å². The second kappa shape index (κ2) is 21.0. The molecule has 56 heavy (non-hydrogen) atoms. The predicted octanol–water partition coefficient (Wildman–Crippen LogP) is 17.3. The predicted molar refractivity (Wildman–Crippen MR) is 326 cm³/mol. The third-order valence-electron chi connectivity index (χ3n) is 9.12. The minimum Gasteiger partial charge on any atom is -0.439 e. The van der Waals surface area contributed by atoms with Gasteiger partial charge in [-0.05, 0) is 107 Å². The van der Waals surface area contributed by atoms with Crippen molar-refractivity contribution in [2.24, 2.45) is 0 Å². The first-order valence-electron chi connectivity index (χ1n) is 65.6. The van der Waals surface area contributed by atoms with E-state index in [1.807, 2.05) is 0 Å². The SMILES string of the molecule is C.CC(C)(O)C(C)(C)O.O.[2HH].[2H][2H].[2H][2H].[2H][2H].[2H][2H].[2H][2H].[2H][2H].[2H][2H].[2H][2H].[2H][2H].[2H][2H].[2H][2H].[2H][2H].[2H][2H].[2H][2H].[2H][2H].[2H][2H].[2H][2H].[2H][2H].[2H][2H].[2H][2H].[2H][2H].[2H][2H].[2H][2H].[2H][2H].[2H][2H].[2H][2H].[2H][2H].[2H][2H].[2H][2H].[2H][2H].[2H][2H].[2H][2H].[2H][2H].[2H][2H].[2H][2H].[2H][2H].[2H][2H].[2H][2H].[2H][2H].[2H][2H].[2H][2H].[2H][2H].[2H][2H].[2H][2H].[2H][2H].[2H][2H].[2H][2H].[2H][2H].[B]c1ccc(Oc2ccc([N+]#[C-])c(N3CCCC3)n2)cc1C=O.[B]c1ccc(Oc2ccc([N+]#[C-])c(N3CCCC3)n2)cc1CO. The van der Waals surface area contributed by atoms with Gasteiger partial charge in [-0.15, -0.1) is 0 Å². The molecule has 0 saturated carbocycles. The first-order chi connectivity index (χ1) is 73.7. The molecule has 5 N–H and O–H groups in total. The van der Waals surface area contributed by atoms with E-state index >= 15 is 0 Å². The van der Waals surface area contributed by atoms with Crippen LogP contribution >= 0.6 is 0 Å². The van der Waals surface area contributed by atoms with Crippen molar-refractivity contribution < 1.29 is 179 Å². The molecule has 2 aromatic carbocycles. The Labute approximate surface area is 482 Å². The van der Waals surface area contributed by atoms with Crippen LogP contribution in [0, 0.1) is 13.1 Å². The van der Waals surface area contributed by atoms with Crippen molar-refractivity contribution in [1.29, 1.82) is 0 Å². The van der Waals surface area contributed by atoms with E-state index in [0.717, 1.165) is 51.9 Å². The Hall–Kier alpha value is -5.44. The van der Waals surface area contributed by atoms with E-state index in [-0.39, 0.29) is 20.9 Å². The number of hydrogen-bond acceptors (Lipinski definition) is 10. The molecule has 6 rings (SSSR count). The Bertz CT molecular complexity index is 2130. The van der Waals surface area contributed by atoms with Crippen LogP contribution in [-0.4, -0.2) is 90.1 Å². The lowest BCUT2D eigenvalue weighted by Gasteiger charge is -2.31. The first kappa shape index (κ1) is 12.5. The average Bonchev–Trinajstić information content (AvgIpc) is 1.81. The fourth-order valence-corrected chi connectivity index (χ4v) is 5.20. The standard InChI is InChI=1S/C17H16BN3O2.C17H14BN3O2.C6H14O2.CH4.H2O.49H2/c2*1-19-15-6-7-16(20-17(15)21-8-2-3-9-21)23-13-4-5-14(18)12(10-13)11-22;1-5(2,7)6(3,4)8;;;;;;;;;;;;;;;;;;;;;;;;;;;;;;;;;;;;;;;;;;;;;;;;;;;/h4-7,10,22H,2-3,8-9,11H2;4-7,10-11H,2-3,8-9H2;7-8H,1-4H3;1H4;1H2;49*1H/i;;;;;48*1+1D;1+1. The summed E-state index contributed by atoms with van der Waals surface area (Å²) in [4.78, 5) is 31.2. The van der Waals surface area contributed by atoms with Crippen LogP contribution in [0.3, 0.4) is 0 Å². The Morgan fingerprint density at radius 1 is 0.768 bits per heavy atom. The molecule has 0 aliphatic carbocycles. The van der Waals surface area contributed by atoms with Crippen molar-refractivity contribution in [3.05, 3.63) is 94.6 Å². The topological polar surface area (TPSA) is 169 Å². The Kier molecular flexibility index (Phi) is 4.70. The van der Waals surface area contributed by atoms with Gasteiger partial charge in [0.25, 0.3) is 0 Å². The number of anilines is 2. The zero-order chi connectivity index (χ0) is 135. The van der Waals surface area contributed by atoms with Gasteiger partial charge in [0.05, 0.1) is 31.0 Å². The first-order valence-corrected chi connectivity index (χ1v) is 17.6. The molecule has 0 unspecified atom stereocenters. The van der Waals surface area contributed by atoms with Crippen molar-refractivity contribution in [3.63, 3.8) is 0 Å². The summed E-state index contributed by atoms with van der Waals surface area (Å²) in [5.74, 6) is 3.18. The quantitative estimate of drug-likeness (QED) is 0.0834. The van der Waals surface area contributed by atoms with Gasteiger partial charge < -0.3 is 40.1 Å². The summed E-state index contributed by atoms with van der Waals surface area (Å²) in [6, 6.07) is 16.8. The molecule has 13 nitrogen and oxygen atoms in total. The highest BCUT2D eigenvalue weighted by molar-refractivity contribution is 6.35. The number of aldehydes is 1. The van der Waals surface area contributed by atoms with Gasteiger partial charge in [0.1, 0.15) is 45.1 Å². The lowest BCUT2D eigenvalue weighted by Crippen LogP contribution is -2.44. The lowest BCUT2D eigenvalue weighted by molar-refractivity contribution is -0.107. The van der Waals surface area contributed by atoms with Crippen molar-refractivity contribution in [2.75, 3.05) is 36.0 Å². The van der Waals surface area contributed by atoms with Gasteiger partial charge in [-0.2, -0.15) is 0 Å². The van der Waals surface area contributed by atoms with E-state index in [1.165, 1.54) is 0 Å². The molecule has 2 aliphatic rings. The van der Waals surface area contributed by atoms with Crippen LogP contribution in [-0.2, 0) is 6.61 Å². The summed E-state index contributed by atoms with van der Waals surface area (Å²) in [5, 5.41) is 27.5. The smallest absolute Gasteiger partial charge is 0.228 e. The number of benzene rings is 2. The minimum absolute atomic E-state index is 0. The molecule has 2 aliphatic heterocycles. The summed E-state index contributed by atoms with van der Waals surface area (Å²) in [7, 11) is 11.5.